The van der Waals surface area contributed by atoms with Gasteiger partial charge in [0.25, 0.3) is 0 Å². The molecule has 110 valence electrons. The van der Waals surface area contributed by atoms with Crippen LogP contribution < -0.4 is 10.1 Å². The number of methoxy groups -OCH3 is 1. The molecule has 2 rings (SSSR count). The van der Waals surface area contributed by atoms with E-state index in [1.165, 1.54) is 0 Å². The molecule has 0 fully saturated rings. The number of nitrogens with zero attached hydrogens (tertiary/aromatic N) is 1. The van der Waals surface area contributed by atoms with Gasteiger partial charge >= 0.3 is 0 Å². The largest absolute Gasteiger partial charge is 0.497 e. The van der Waals surface area contributed by atoms with E-state index < -0.39 is 0 Å². The van der Waals surface area contributed by atoms with Gasteiger partial charge in [-0.15, -0.1) is 0 Å². The molecular formula is C16H23ClN2O. The van der Waals surface area contributed by atoms with Crippen molar-refractivity contribution in [2.45, 2.75) is 26.2 Å². The zero-order chi connectivity index (χ0) is 15.0. The highest BCUT2D eigenvalue weighted by Gasteiger charge is 2.07. The number of halogens is 1. The second-order valence-corrected chi connectivity index (χ2v) is 4.96. The lowest BCUT2D eigenvalue weighted by Crippen LogP contribution is -1.91. The Balaban J connectivity index is 0.000000612. The van der Waals surface area contributed by atoms with Crippen molar-refractivity contribution in [2.24, 2.45) is 0 Å². The molecule has 4 heteroatoms. The van der Waals surface area contributed by atoms with Gasteiger partial charge in [0.15, 0.2) is 0 Å². The van der Waals surface area contributed by atoms with Crippen molar-refractivity contribution < 1.29 is 4.74 Å². The normalized spacial score (nSPS) is 10.1. The van der Waals surface area contributed by atoms with Crippen LogP contribution >= 0.6 is 11.6 Å². The number of hydrogen-bond acceptors (Lipinski definition) is 3. The van der Waals surface area contributed by atoms with Crippen LogP contribution in [0.25, 0.3) is 10.9 Å². The van der Waals surface area contributed by atoms with Crippen LogP contribution in [0, 0.1) is 0 Å². The lowest BCUT2D eigenvalue weighted by atomic mass is 10.1. The molecule has 0 spiro atoms. The second kappa shape index (κ2) is 8.77. The van der Waals surface area contributed by atoms with Crippen LogP contribution in [0.5, 0.6) is 5.75 Å². The summed E-state index contributed by atoms with van der Waals surface area (Å²) >= 11 is 6.41. The van der Waals surface area contributed by atoms with Crippen molar-refractivity contribution in [1.29, 1.82) is 0 Å². The maximum atomic E-state index is 6.41. The lowest BCUT2D eigenvalue weighted by Gasteiger charge is -2.08. The maximum Gasteiger partial charge on any atom is 0.119 e. The summed E-state index contributed by atoms with van der Waals surface area (Å²) < 4.78 is 5.21. The van der Waals surface area contributed by atoms with Gasteiger partial charge in [-0.3, -0.25) is 4.98 Å². The van der Waals surface area contributed by atoms with Crippen LogP contribution in [0.15, 0.2) is 24.4 Å². The van der Waals surface area contributed by atoms with Gasteiger partial charge in [0.05, 0.1) is 17.6 Å². The SMILES string of the molecule is CCCCc1cnc2ccc(OC)cc2c1Cl.CNC. The van der Waals surface area contributed by atoms with Gasteiger partial charge in [0.2, 0.25) is 0 Å². The first kappa shape index (κ1) is 16.7. The average molecular weight is 295 g/mol. The van der Waals surface area contributed by atoms with E-state index in [-0.39, 0.29) is 0 Å². The second-order valence-electron chi connectivity index (χ2n) is 4.58. The van der Waals surface area contributed by atoms with Crippen LogP contribution in [-0.2, 0) is 6.42 Å². The molecule has 1 aromatic carbocycles. The van der Waals surface area contributed by atoms with Crippen LogP contribution in [0.3, 0.4) is 0 Å². The van der Waals surface area contributed by atoms with E-state index in [1.807, 2.05) is 38.5 Å². The zero-order valence-corrected chi connectivity index (χ0v) is 13.4. The van der Waals surface area contributed by atoms with Crippen LogP contribution in [0.1, 0.15) is 25.3 Å². The van der Waals surface area contributed by atoms with E-state index in [9.17, 15) is 0 Å². The number of fused-ring (bicyclic) bond motifs is 1. The van der Waals surface area contributed by atoms with Gasteiger partial charge in [0, 0.05) is 11.6 Å². The molecule has 1 heterocycles. The summed E-state index contributed by atoms with van der Waals surface area (Å²) in [4.78, 5) is 4.43. The monoisotopic (exact) mass is 294 g/mol. The molecule has 2 aromatic rings. The van der Waals surface area contributed by atoms with Gasteiger partial charge in [-0.1, -0.05) is 24.9 Å². The molecule has 0 radical (unpaired) electrons. The molecule has 0 aliphatic carbocycles. The van der Waals surface area contributed by atoms with E-state index >= 15 is 0 Å². The Morgan fingerprint density at radius 1 is 1.30 bits per heavy atom. The third-order valence-corrected chi connectivity index (χ3v) is 3.33. The standard InChI is InChI=1S/C14H16ClNO.C2H7N/c1-3-4-5-10-9-16-13-7-6-11(17-2)8-12(13)14(10)15;1-3-2/h6-9H,3-5H2,1-2H3;3H,1-2H3. The van der Waals surface area contributed by atoms with Crippen molar-refractivity contribution in [3.05, 3.63) is 35.0 Å². The van der Waals surface area contributed by atoms with Crippen molar-refractivity contribution in [1.82, 2.24) is 10.3 Å². The molecule has 1 aromatic heterocycles. The summed E-state index contributed by atoms with van der Waals surface area (Å²) in [5, 5.41) is 4.53. The topological polar surface area (TPSA) is 34.1 Å². The first-order valence-electron chi connectivity index (χ1n) is 6.87. The highest BCUT2D eigenvalue weighted by Crippen LogP contribution is 2.29. The molecule has 3 nitrogen and oxygen atoms in total. The molecule has 0 amide bonds. The molecule has 20 heavy (non-hydrogen) atoms. The van der Waals surface area contributed by atoms with Gasteiger partial charge in [-0.05, 0) is 50.7 Å². The van der Waals surface area contributed by atoms with Crippen LogP contribution in [0.2, 0.25) is 5.02 Å². The Morgan fingerprint density at radius 2 is 2.00 bits per heavy atom. The fourth-order valence-electron chi connectivity index (χ4n) is 1.85. The van der Waals surface area contributed by atoms with Gasteiger partial charge in [-0.2, -0.15) is 0 Å². The highest BCUT2D eigenvalue weighted by atomic mass is 35.5. The van der Waals surface area contributed by atoms with Crippen molar-refractivity contribution in [2.75, 3.05) is 21.2 Å². The van der Waals surface area contributed by atoms with E-state index in [0.29, 0.717) is 0 Å². The Kier molecular flexibility index (Phi) is 7.34. The Morgan fingerprint density at radius 3 is 2.60 bits per heavy atom. The summed E-state index contributed by atoms with van der Waals surface area (Å²) in [6.45, 7) is 2.17. The summed E-state index contributed by atoms with van der Waals surface area (Å²) in [6.07, 6.45) is 5.16. The lowest BCUT2D eigenvalue weighted by molar-refractivity contribution is 0.415. The molecule has 0 atom stereocenters. The summed E-state index contributed by atoms with van der Waals surface area (Å²) in [5.74, 6) is 0.814. The zero-order valence-electron chi connectivity index (χ0n) is 12.7. The first-order chi connectivity index (χ1) is 9.67. The number of unbranched alkanes of at least 4 members (excludes halogenated alkanes) is 1. The van der Waals surface area contributed by atoms with E-state index in [2.05, 4.69) is 17.2 Å². The van der Waals surface area contributed by atoms with E-state index in [0.717, 1.165) is 46.5 Å². The fraction of sp³-hybridized carbons (Fsp3) is 0.438. The average Bonchev–Trinajstić information content (AvgIpc) is 2.47. The smallest absolute Gasteiger partial charge is 0.119 e. The molecule has 0 bridgehead atoms. The highest BCUT2D eigenvalue weighted by molar-refractivity contribution is 6.36. The Hall–Kier alpha value is -1.32. The third-order valence-electron chi connectivity index (χ3n) is 2.88. The molecular weight excluding hydrogens is 272 g/mol. The van der Waals surface area contributed by atoms with E-state index in [4.69, 9.17) is 16.3 Å². The molecule has 0 unspecified atom stereocenters. The van der Waals surface area contributed by atoms with E-state index in [1.54, 1.807) is 7.11 Å². The minimum absolute atomic E-state index is 0.808. The Bertz CT molecular complexity index is 543. The first-order valence-corrected chi connectivity index (χ1v) is 7.25. The van der Waals surface area contributed by atoms with Gasteiger partial charge in [-0.25, -0.2) is 0 Å². The number of benzene rings is 1. The minimum Gasteiger partial charge on any atom is -0.497 e. The van der Waals surface area contributed by atoms with Crippen LogP contribution in [0.4, 0.5) is 0 Å². The quantitative estimate of drug-likeness (QED) is 0.923. The third kappa shape index (κ3) is 4.36. The summed E-state index contributed by atoms with van der Waals surface area (Å²) in [7, 11) is 5.41. The molecule has 0 saturated heterocycles. The van der Waals surface area contributed by atoms with Crippen molar-refractivity contribution in [3.8, 4) is 5.75 Å². The number of nitrogens with one attached hydrogen (secondary N) is 1. The Labute approximate surface area is 126 Å². The van der Waals surface area contributed by atoms with Gasteiger partial charge < -0.3 is 10.1 Å². The fourth-order valence-corrected chi connectivity index (χ4v) is 2.14. The predicted octanol–water partition coefficient (Wildman–Crippen LogP) is 4.08. The van der Waals surface area contributed by atoms with Crippen molar-refractivity contribution >= 4 is 22.5 Å². The number of ether oxygens (including phenoxy) is 1. The van der Waals surface area contributed by atoms with Crippen molar-refractivity contribution in [3.63, 3.8) is 0 Å². The number of aromatic nitrogens is 1. The number of hydrogen-bond donors (Lipinski definition) is 1. The van der Waals surface area contributed by atoms with Crippen LogP contribution in [-0.4, -0.2) is 26.2 Å². The summed E-state index contributed by atoms with van der Waals surface area (Å²) in [5.41, 5.74) is 2.03. The number of pyridine rings is 1. The van der Waals surface area contributed by atoms with Gasteiger partial charge in [0.1, 0.15) is 5.75 Å². The molecule has 0 aliphatic rings. The predicted molar refractivity (Wildman–Crippen MR) is 86.9 cm³/mol. The molecule has 1 N–H and O–H groups in total. The molecule has 0 saturated carbocycles. The number of rotatable bonds is 4. The minimum atomic E-state index is 0.808. The maximum absolute atomic E-state index is 6.41. The molecule has 0 aliphatic heterocycles. The summed E-state index contributed by atoms with van der Waals surface area (Å²) in [6, 6.07) is 5.78. The number of aryl methyl sites for hydroxylation is 1.